The van der Waals surface area contributed by atoms with Crippen molar-refractivity contribution in [1.29, 1.82) is 0 Å². The van der Waals surface area contributed by atoms with E-state index in [4.69, 9.17) is 0 Å². The first-order valence-electron chi connectivity index (χ1n) is 6.20. The van der Waals surface area contributed by atoms with E-state index in [9.17, 15) is 4.79 Å². The van der Waals surface area contributed by atoms with Gasteiger partial charge in [-0.25, -0.2) is 0 Å². The summed E-state index contributed by atoms with van der Waals surface area (Å²) in [4.78, 5) is 14.1. The third-order valence-corrected chi connectivity index (χ3v) is 3.69. The molecule has 0 atom stereocenters. The fourth-order valence-electron chi connectivity index (χ4n) is 2.30. The van der Waals surface area contributed by atoms with Crippen molar-refractivity contribution in [2.75, 3.05) is 26.2 Å². The summed E-state index contributed by atoms with van der Waals surface area (Å²) in [6.45, 7) is 7.66. The summed E-state index contributed by atoms with van der Waals surface area (Å²) in [5.41, 5.74) is 3.57. The van der Waals surface area contributed by atoms with Crippen molar-refractivity contribution < 1.29 is 4.79 Å². The van der Waals surface area contributed by atoms with Crippen LogP contribution in [-0.2, 0) is 18.3 Å². The molecule has 0 unspecified atom stereocenters. The minimum Gasteiger partial charge on any atom is -0.352 e. The monoisotopic (exact) mass is 235 g/mol. The number of hydrogen-bond acceptors (Lipinski definition) is 2. The molecule has 1 aliphatic rings. The maximum Gasteiger partial charge on any atom is 0.227 e. The van der Waals surface area contributed by atoms with Gasteiger partial charge in [-0.1, -0.05) is 0 Å². The van der Waals surface area contributed by atoms with Crippen LogP contribution in [0.1, 0.15) is 17.0 Å². The van der Waals surface area contributed by atoms with Gasteiger partial charge in [-0.3, -0.25) is 4.79 Å². The summed E-state index contributed by atoms with van der Waals surface area (Å²) in [6.07, 6.45) is 0.535. The summed E-state index contributed by atoms with van der Waals surface area (Å²) in [7, 11) is 2.05. The van der Waals surface area contributed by atoms with E-state index >= 15 is 0 Å². The Labute approximate surface area is 103 Å². The third kappa shape index (κ3) is 2.52. The highest BCUT2D eigenvalue weighted by Crippen LogP contribution is 2.14. The molecule has 0 bridgehead atoms. The Kier molecular flexibility index (Phi) is 3.52. The number of nitrogens with one attached hydrogen (secondary N) is 1. The first kappa shape index (κ1) is 12.2. The van der Waals surface area contributed by atoms with E-state index in [-0.39, 0.29) is 5.91 Å². The number of nitrogens with zero attached hydrogens (tertiary/aromatic N) is 2. The molecule has 1 aromatic rings. The molecule has 0 aliphatic carbocycles. The molecule has 1 fully saturated rings. The van der Waals surface area contributed by atoms with Gasteiger partial charge in [0.15, 0.2) is 0 Å². The fourth-order valence-corrected chi connectivity index (χ4v) is 2.30. The van der Waals surface area contributed by atoms with Gasteiger partial charge in [0.2, 0.25) is 5.91 Å². The van der Waals surface area contributed by atoms with Crippen LogP contribution in [0.15, 0.2) is 6.07 Å². The SMILES string of the molecule is Cc1cc(CC(=O)N2CCNCC2)c(C)n1C. The van der Waals surface area contributed by atoms with Crippen molar-refractivity contribution in [3.8, 4) is 0 Å². The number of rotatable bonds is 2. The van der Waals surface area contributed by atoms with Gasteiger partial charge in [-0.2, -0.15) is 0 Å². The zero-order valence-electron chi connectivity index (χ0n) is 10.9. The zero-order chi connectivity index (χ0) is 12.4. The summed E-state index contributed by atoms with van der Waals surface area (Å²) in [5.74, 6) is 0.250. The van der Waals surface area contributed by atoms with E-state index in [2.05, 4.69) is 29.8 Å². The summed E-state index contributed by atoms with van der Waals surface area (Å²) < 4.78 is 2.14. The molecule has 1 amide bonds. The van der Waals surface area contributed by atoms with Crippen molar-refractivity contribution >= 4 is 5.91 Å². The van der Waals surface area contributed by atoms with E-state index < -0.39 is 0 Å². The van der Waals surface area contributed by atoms with Crippen LogP contribution >= 0.6 is 0 Å². The van der Waals surface area contributed by atoms with Crippen molar-refractivity contribution in [1.82, 2.24) is 14.8 Å². The number of carbonyl (C=O) groups is 1. The van der Waals surface area contributed by atoms with Crippen LogP contribution in [0.25, 0.3) is 0 Å². The molecule has 0 radical (unpaired) electrons. The standard InChI is InChI=1S/C13H21N3O/c1-10-8-12(11(2)15(10)3)9-13(17)16-6-4-14-5-7-16/h8,14H,4-7,9H2,1-3H3. The maximum absolute atomic E-state index is 12.1. The maximum atomic E-state index is 12.1. The van der Waals surface area contributed by atoms with Gasteiger partial charge < -0.3 is 14.8 Å². The zero-order valence-corrected chi connectivity index (χ0v) is 10.9. The lowest BCUT2D eigenvalue weighted by molar-refractivity contribution is -0.131. The molecule has 1 saturated heterocycles. The van der Waals surface area contributed by atoms with Gasteiger partial charge in [0.05, 0.1) is 6.42 Å². The highest BCUT2D eigenvalue weighted by Gasteiger charge is 2.18. The first-order chi connectivity index (χ1) is 8.09. The lowest BCUT2D eigenvalue weighted by atomic mass is 10.1. The Hall–Kier alpha value is -1.29. The number of aromatic nitrogens is 1. The summed E-state index contributed by atoms with van der Waals surface area (Å²) >= 11 is 0. The highest BCUT2D eigenvalue weighted by molar-refractivity contribution is 5.79. The lowest BCUT2D eigenvalue weighted by Gasteiger charge is -2.27. The fraction of sp³-hybridized carbons (Fsp3) is 0.615. The topological polar surface area (TPSA) is 37.3 Å². The van der Waals surface area contributed by atoms with Crippen LogP contribution < -0.4 is 5.32 Å². The van der Waals surface area contributed by atoms with Crippen LogP contribution in [0.3, 0.4) is 0 Å². The molecule has 0 saturated carbocycles. The summed E-state index contributed by atoms with van der Waals surface area (Å²) in [5, 5.41) is 3.26. The van der Waals surface area contributed by atoms with E-state index in [1.54, 1.807) is 0 Å². The van der Waals surface area contributed by atoms with Crippen molar-refractivity contribution in [3.63, 3.8) is 0 Å². The molecule has 0 aromatic carbocycles. The van der Waals surface area contributed by atoms with Crippen molar-refractivity contribution in [2.45, 2.75) is 20.3 Å². The van der Waals surface area contributed by atoms with Crippen molar-refractivity contribution in [3.05, 3.63) is 23.0 Å². The third-order valence-electron chi connectivity index (χ3n) is 3.69. The Balaban J connectivity index is 2.04. The van der Waals surface area contributed by atoms with Crippen LogP contribution in [-0.4, -0.2) is 41.6 Å². The molecule has 2 rings (SSSR count). The number of piperazine rings is 1. The Morgan fingerprint density at radius 3 is 2.53 bits per heavy atom. The van der Waals surface area contributed by atoms with Gasteiger partial charge in [-0.05, 0) is 25.5 Å². The Morgan fingerprint density at radius 1 is 1.35 bits per heavy atom. The molecule has 1 N–H and O–H groups in total. The molecular weight excluding hydrogens is 214 g/mol. The average Bonchev–Trinajstić information content (AvgIpc) is 2.58. The van der Waals surface area contributed by atoms with Crippen LogP contribution in [0.2, 0.25) is 0 Å². The molecule has 4 nitrogen and oxygen atoms in total. The largest absolute Gasteiger partial charge is 0.352 e. The van der Waals surface area contributed by atoms with Crippen LogP contribution in [0.4, 0.5) is 0 Å². The second-order valence-electron chi connectivity index (χ2n) is 4.76. The van der Waals surface area contributed by atoms with E-state index in [0.29, 0.717) is 6.42 Å². The highest BCUT2D eigenvalue weighted by atomic mass is 16.2. The second kappa shape index (κ2) is 4.92. The lowest BCUT2D eigenvalue weighted by Crippen LogP contribution is -2.46. The smallest absolute Gasteiger partial charge is 0.227 e. The quantitative estimate of drug-likeness (QED) is 0.816. The minimum atomic E-state index is 0.250. The number of amides is 1. The Bertz CT molecular complexity index is 417. The molecule has 17 heavy (non-hydrogen) atoms. The number of hydrogen-bond donors (Lipinski definition) is 1. The van der Waals surface area contributed by atoms with Gasteiger partial charge in [0.1, 0.15) is 0 Å². The van der Waals surface area contributed by atoms with Gasteiger partial charge in [0, 0.05) is 44.6 Å². The Morgan fingerprint density at radius 2 is 2.00 bits per heavy atom. The molecule has 94 valence electrons. The van der Waals surface area contributed by atoms with E-state index in [0.717, 1.165) is 31.7 Å². The molecule has 2 heterocycles. The molecule has 1 aromatic heterocycles. The molecule has 0 spiro atoms. The van der Waals surface area contributed by atoms with Gasteiger partial charge >= 0.3 is 0 Å². The van der Waals surface area contributed by atoms with E-state index in [1.807, 2.05) is 11.9 Å². The van der Waals surface area contributed by atoms with E-state index in [1.165, 1.54) is 11.4 Å². The number of carbonyl (C=O) groups excluding carboxylic acids is 1. The van der Waals surface area contributed by atoms with Crippen LogP contribution in [0.5, 0.6) is 0 Å². The van der Waals surface area contributed by atoms with Gasteiger partial charge in [0.25, 0.3) is 0 Å². The normalized spacial score (nSPS) is 16.3. The minimum absolute atomic E-state index is 0.250. The second-order valence-corrected chi connectivity index (χ2v) is 4.76. The van der Waals surface area contributed by atoms with Gasteiger partial charge in [-0.15, -0.1) is 0 Å². The predicted molar refractivity (Wildman–Crippen MR) is 68.0 cm³/mol. The first-order valence-corrected chi connectivity index (χ1v) is 6.20. The number of aryl methyl sites for hydroxylation is 1. The summed E-state index contributed by atoms with van der Waals surface area (Å²) in [6, 6.07) is 2.12. The molecule has 4 heteroatoms. The molecule has 1 aliphatic heterocycles. The van der Waals surface area contributed by atoms with Crippen molar-refractivity contribution in [2.24, 2.45) is 7.05 Å². The van der Waals surface area contributed by atoms with Crippen LogP contribution in [0, 0.1) is 13.8 Å². The average molecular weight is 235 g/mol. The molecular formula is C13H21N3O. The predicted octanol–water partition coefficient (Wildman–Crippen LogP) is 0.616.